The third kappa shape index (κ3) is 0.609. The summed E-state index contributed by atoms with van der Waals surface area (Å²) >= 11 is 0. The predicted octanol–water partition coefficient (Wildman–Crippen LogP) is -0.185. The maximum absolute atomic E-state index is 3.67. The van der Waals surface area contributed by atoms with E-state index in [2.05, 4.69) is 9.97 Å². The van der Waals surface area contributed by atoms with E-state index in [1.165, 1.54) is 6.33 Å². The minimum absolute atomic E-state index is 1.50. The molecule has 0 amide bonds. The average molecular weight is 77.9 g/mol. The van der Waals surface area contributed by atoms with Crippen LogP contribution in [0.3, 0.4) is 0 Å². The van der Waals surface area contributed by atoms with Crippen LogP contribution in [0, 0.1) is 0 Å². The number of aromatic nitrogens is 2. The molecule has 0 saturated heterocycles. The van der Waals surface area contributed by atoms with E-state index in [1.54, 1.807) is 19.1 Å². The molecule has 0 radical (unpaired) electrons. The molecule has 6 heavy (non-hydrogen) atoms. The zero-order valence-electron chi connectivity index (χ0n) is 3.20. The van der Waals surface area contributed by atoms with Gasteiger partial charge in [0.2, 0.25) is 0 Å². The quantitative estimate of drug-likeness (QED) is 0.430. The van der Waals surface area contributed by atoms with E-state index in [9.17, 15) is 0 Å². The van der Waals surface area contributed by atoms with Crippen molar-refractivity contribution in [3.63, 3.8) is 0 Å². The summed E-state index contributed by atoms with van der Waals surface area (Å²) in [5.74, 6) is 0. The van der Waals surface area contributed by atoms with Crippen molar-refractivity contribution in [2.24, 2.45) is 0 Å². The van der Waals surface area contributed by atoms with Crippen LogP contribution in [0.5, 0.6) is 0 Å². The van der Waals surface area contributed by atoms with Crippen molar-refractivity contribution in [2.75, 3.05) is 0 Å². The molecule has 28 valence electrons. The Morgan fingerprint density at radius 1 is 1.17 bits per heavy atom. The van der Waals surface area contributed by atoms with Gasteiger partial charge in [-0.15, -0.1) is 0 Å². The molecule has 0 spiro atoms. The van der Waals surface area contributed by atoms with Gasteiger partial charge >= 0.3 is 35.4 Å². The number of hydrogen-bond donors (Lipinski definition) is 0. The zero-order valence-corrected chi connectivity index (χ0v) is 3.20. The van der Waals surface area contributed by atoms with Crippen molar-refractivity contribution in [3.05, 3.63) is 18.5 Å². The Morgan fingerprint density at radius 2 is 1.83 bits per heavy atom. The van der Waals surface area contributed by atoms with E-state index in [1.807, 2.05) is 0 Å². The van der Waals surface area contributed by atoms with E-state index in [-0.39, 0.29) is 0 Å². The zero-order chi connectivity index (χ0) is 4.24. The second kappa shape index (κ2) is 1.65. The van der Waals surface area contributed by atoms with Crippen molar-refractivity contribution in [1.82, 2.24) is 9.97 Å². The topological polar surface area (TPSA) is 25.8 Å². The van der Waals surface area contributed by atoms with Crippen molar-refractivity contribution in [3.8, 4) is 0 Å². The Balaban J connectivity index is 3.00. The average Bonchev–Trinajstić information content (AvgIpc) is 1.72. The van der Waals surface area contributed by atoms with Crippen molar-refractivity contribution in [1.29, 1.82) is 0 Å². The molecular weight excluding hydrogens is 74.9 g/mol. The molecule has 2 nitrogen and oxygen atoms in total. The molecule has 1 rings (SSSR count). The van der Waals surface area contributed by atoms with Crippen molar-refractivity contribution in [2.45, 2.75) is 0 Å². The van der Waals surface area contributed by atoms with Gasteiger partial charge in [-0.1, -0.05) is 0 Å². The second-order valence-electron chi connectivity index (χ2n) is 0.904. The summed E-state index contributed by atoms with van der Waals surface area (Å²) in [7, 11) is 0. The van der Waals surface area contributed by atoms with Gasteiger partial charge in [0.05, 0.1) is 0 Å². The van der Waals surface area contributed by atoms with Crippen LogP contribution < -0.4 is 0 Å². The van der Waals surface area contributed by atoms with Crippen molar-refractivity contribution >= 4 is 6.91 Å². The van der Waals surface area contributed by atoms with E-state index >= 15 is 0 Å². The third-order valence-corrected chi connectivity index (χ3v) is 0.478. The fraction of sp³-hybridized carbons (Fsp3) is 0. The van der Waals surface area contributed by atoms with Crippen LogP contribution in [-0.2, 0) is 0 Å². The van der Waals surface area contributed by atoms with E-state index < -0.39 is 0 Å². The Labute approximate surface area is 36.5 Å². The Kier molecular flexibility index (Phi) is 0.951. The van der Waals surface area contributed by atoms with E-state index in [4.69, 9.17) is 0 Å². The first-order valence-corrected chi connectivity index (χ1v) is 1.70. The fourth-order valence-electron chi connectivity index (χ4n) is 0.253. The van der Waals surface area contributed by atoms with Gasteiger partial charge in [0.25, 0.3) is 0 Å². The molecule has 0 atom stereocenters. The van der Waals surface area contributed by atoms with E-state index in [0.717, 1.165) is 0 Å². The summed E-state index contributed by atoms with van der Waals surface area (Å²) in [6.45, 7) is 1.78. The molecule has 1 aromatic rings. The van der Waals surface area contributed by atoms with Crippen LogP contribution in [0.15, 0.2) is 18.5 Å². The van der Waals surface area contributed by atoms with Crippen LogP contribution in [0.2, 0.25) is 0 Å². The monoisotopic (exact) mass is 78.0 g/mol. The van der Waals surface area contributed by atoms with Crippen LogP contribution in [0.4, 0.5) is 0 Å². The SMILES string of the molecule is b1cncnc1. The van der Waals surface area contributed by atoms with Gasteiger partial charge in [0.15, 0.2) is 0 Å². The minimum atomic E-state index is 1.50. The summed E-state index contributed by atoms with van der Waals surface area (Å²) in [6.07, 6.45) is 4.88. The van der Waals surface area contributed by atoms with Crippen LogP contribution in [0.25, 0.3) is 0 Å². The molecule has 0 aliphatic carbocycles. The van der Waals surface area contributed by atoms with Gasteiger partial charge in [-0.25, -0.2) is 0 Å². The molecule has 1 heterocycles. The molecule has 0 aromatic carbocycles. The molecule has 0 N–H and O–H groups in total. The first kappa shape index (κ1) is 3.46. The van der Waals surface area contributed by atoms with Gasteiger partial charge in [-0.2, -0.15) is 0 Å². The molecule has 0 aliphatic rings. The molecule has 0 bridgehead atoms. The Morgan fingerprint density at radius 3 is 2.00 bits per heavy atom. The molecule has 0 saturated carbocycles. The van der Waals surface area contributed by atoms with Gasteiger partial charge in [-0.05, 0) is 0 Å². The summed E-state index contributed by atoms with van der Waals surface area (Å²) in [5.41, 5.74) is 0. The molecule has 0 unspecified atom stereocenters. The standard InChI is InChI=1S/C3H3BN2/c1-4-2-6-3-5-1/h1-3H. The number of hydrogen-bond acceptors (Lipinski definition) is 2. The van der Waals surface area contributed by atoms with Crippen LogP contribution >= 0.6 is 0 Å². The molecule has 0 fully saturated rings. The van der Waals surface area contributed by atoms with Crippen LogP contribution in [0.1, 0.15) is 0 Å². The molecule has 1 aromatic heterocycles. The fourth-order valence-corrected chi connectivity index (χ4v) is 0.253. The van der Waals surface area contributed by atoms with Gasteiger partial charge in [-0.3, -0.25) is 0 Å². The molecule has 0 aliphatic heterocycles. The third-order valence-electron chi connectivity index (χ3n) is 0.478. The molecular formula is C3H3BN2. The summed E-state index contributed by atoms with van der Waals surface area (Å²) in [5, 5.41) is 0. The first-order valence-electron chi connectivity index (χ1n) is 1.70. The van der Waals surface area contributed by atoms with E-state index in [0.29, 0.717) is 0 Å². The normalized spacial score (nSPS) is 7.33. The Hall–Kier alpha value is -0.725. The predicted molar refractivity (Wildman–Crippen MR) is 23.4 cm³/mol. The van der Waals surface area contributed by atoms with Gasteiger partial charge in [0.1, 0.15) is 0 Å². The van der Waals surface area contributed by atoms with Crippen molar-refractivity contribution < 1.29 is 0 Å². The number of nitrogens with zero attached hydrogens (tertiary/aromatic N) is 2. The van der Waals surface area contributed by atoms with Gasteiger partial charge < -0.3 is 0 Å². The summed E-state index contributed by atoms with van der Waals surface area (Å²) in [6, 6.07) is 0. The summed E-state index contributed by atoms with van der Waals surface area (Å²) in [4.78, 5) is 7.35. The number of rotatable bonds is 0. The molecule has 3 heteroatoms. The second-order valence-corrected chi connectivity index (χ2v) is 0.904. The Bertz CT molecular complexity index is 80.7. The van der Waals surface area contributed by atoms with Crippen LogP contribution in [-0.4, -0.2) is 16.9 Å². The maximum atomic E-state index is 3.67. The summed E-state index contributed by atoms with van der Waals surface area (Å²) < 4.78 is 0. The first-order chi connectivity index (χ1) is 3.00. The van der Waals surface area contributed by atoms with Gasteiger partial charge in [0, 0.05) is 0 Å².